The molecule has 0 unspecified atom stereocenters. The van der Waals surface area contributed by atoms with Gasteiger partial charge in [0.05, 0.1) is 5.56 Å². The Labute approximate surface area is 190 Å². The molecule has 150 valence electrons. The van der Waals surface area contributed by atoms with E-state index in [0.29, 0.717) is 16.6 Å². The molecule has 3 aromatic rings. The van der Waals surface area contributed by atoms with Crippen molar-refractivity contribution >= 4 is 52.6 Å². The molecular formula is C23H21Cl2NOS2. The smallest absolute Gasteiger partial charge is 0.252 e. The van der Waals surface area contributed by atoms with Gasteiger partial charge in [0.1, 0.15) is 0 Å². The second-order valence-corrected chi connectivity index (χ2v) is 9.28. The third-order valence-corrected chi connectivity index (χ3v) is 6.91. The number of thioether (sulfide) groups is 2. The minimum atomic E-state index is -0.0358. The fourth-order valence-corrected chi connectivity index (χ4v) is 5.09. The zero-order valence-corrected chi connectivity index (χ0v) is 18.9. The van der Waals surface area contributed by atoms with Crippen LogP contribution in [0.2, 0.25) is 10.0 Å². The summed E-state index contributed by atoms with van der Waals surface area (Å²) in [6, 6.07) is 23.6. The Morgan fingerprint density at radius 3 is 2.45 bits per heavy atom. The van der Waals surface area contributed by atoms with Crippen molar-refractivity contribution in [2.45, 2.75) is 16.4 Å². The number of rotatable bonds is 9. The predicted octanol–water partition coefficient (Wildman–Crippen LogP) is 6.95. The first kappa shape index (κ1) is 22.1. The molecule has 0 aliphatic heterocycles. The fraction of sp³-hybridized carbons (Fsp3) is 0.174. The van der Waals surface area contributed by atoms with E-state index in [1.54, 1.807) is 29.6 Å². The molecule has 0 aromatic heterocycles. The number of nitrogens with one attached hydrogen (secondary N) is 1. The molecule has 29 heavy (non-hydrogen) atoms. The van der Waals surface area contributed by atoms with Crippen molar-refractivity contribution < 1.29 is 4.79 Å². The summed E-state index contributed by atoms with van der Waals surface area (Å²) >= 11 is 15.5. The molecule has 0 saturated heterocycles. The van der Waals surface area contributed by atoms with Gasteiger partial charge in [0, 0.05) is 38.7 Å². The van der Waals surface area contributed by atoms with Gasteiger partial charge in [-0.1, -0.05) is 71.7 Å². The van der Waals surface area contributed by atoms with Crippen LogP contribution >= 0.6 is 46.7 Å². The van der Waals surface area contributed by atoms with Crippen LogP contribution in [0.4, 0.5) is 0 Å². The molecular weight excluding hydrogens is 441 g/mol. The number of hydrogen-bond donors (Lipinski definition) is 1. The van der Waals surface area contributed by atoms with Gasteiger partial charge in [-0.25, -0.2) is 0 Å². The van der Waals surface area contributed by atoms with Gasteiger partial charge < -0.3 is 5.32 Å². The fourth-order valence-electron chi connectivity index (χ4n) is 2.67. The molecule has 0 aliphatic rings. The summed E-state index contributed by atoms with van der Waals surface area (Å²) < 4.78 is 0. The maximum Gasteiger partial charge on any atom is 0.252 e. The normalized spacial score (nSPS) is 10.7. The molecule has 2 nitrogen and oxygen atoms in total. The molecule has 1 N–H and O–H groups in total. The van der Waals surface area contributed by atoms with Crippen molar-refractivity contribution in [3.8, 4) is 0 Å². The number of halogens is 2. The Hall–Kier alpha value is -1.59. The van der Waals surface area contributed by atoms with E-state index in [9.17, 15) is 4.79 Å². The first-order chi connectivity index (χ1) is 14.1. The first-order valence-electron chi connectivity index (χ1n) is 9.19. The molecule has 1 amide bonds. The molecule has 0 heterocycles. The quantitative estimate of drug-likeness (QED) is 0.276. The van der Waals surface area contributed by atoms with Gasteiger partial charge in [-0.05, 0) is 35.4 Å². The Kier molecular flexibility index (Phi) is 8.81. The summed E-state index contributed by atoms with van der Waals surface area (Å²) in [5, 5.41) is 4.34. The van der Waals surface area contributed by atoms with E-state index in [4.69, 9.17) is 23.2 Å². The van der Waals surface area contributed by atoms with E-state index < -0.39 is 0 Å². The van der Waals surface area contributed by atoms with Crippen LogP contribution in [0.15, 0.2) is 77.7 Å². The summed E-state index contributed by atoms with van der Waals surface area (Å²) in [4.78, 5) is 13.6. The summed E-state index contributed by atoms with van der Waals surface area (Å²) in [5.41, 5.74) is 3.01. The summed E-state index contributed by atoms with van der Waals surface area (Å²) in [7, 11) is 0. The molecule has 3 rings (SSSR count). The monoisotopic (exact) mass is 461 g/mol. The second-order valence-electron chi connectivity index (χ2n) is 6.31. The van der Waals surface area contributed by atoms with Crippen LogP contribution in [0.25, 0.3) is 0 Å². The highest BCUT2D eigenvalue weighted by molar-refractivity contribution is 7.98. The summed E-state index contributed by atoms with van der Waals surface area (Å²) in [6.45, 7) is 0.604. The Morgan fingerprint density at radius 1 is 0.897 bits per heavy atom. The van der Waals surface area contributed by atoms with Gasteiger partial charge in [-0.2, -0.15) is 11.8 Å². The molecule has 0 radical (unpaired) electrons. The van der Waals surface area contributed by atoms with E-state index in [2.05, 4.69) is 17.4 Å². The van der Waals surface area contributed by atoms with Crippen molar-refractivity contribution in [2.24, 2.45) is 0 Å². The number of benzene rings is 3. The predicted molar refractivity (Wildman–Crippen MR) is 127 cm³/mol. The van der Waals surface area contributed by atoms with Crippen LogP contribution in [-0.4, -0.2) is 18.2 Å². The highest BCUT2D eigenvalue weighted by atomic mass is 35.5. The minimum Gasteiger partial charge on any atom is -0.351 e. The van der Waals surface area contributed by atoms with Crippen molar-refractivity contribution in [1.29, 1.82) is 0 Å². The molecule has 0 spiro atoms. The maximum absolute atomic E-state index is 12.6. The lowest BCUT2D eigenvalue weighted by atomic mass is 10.2. The average molecular weight is 462 g/mol. The van der Waals surface area contributed by atoms with Gasteiger partial charge in [0.15, 0.2) is 0 Å². The third kappa shape index (κ3) is 7.00. The van der Waals surface area contributed by atoms with Crippen molar-refractivity contribution in [1.82, 2.24) is 5.32 Å². The van der Waals surface area contributed by atoms with Crippen molar-refractivity contribution in [3.05, 3.63) is 99.5 Å². The summed E-state index contributed by atoms with van der Waals surface area (Å²) in [6.07, 6.45) is 0. The molecule has 0 bridgehead atoms. The topological polar surface area (TPSA) is 29.1 Å². The van der Waals surface area contributed by atoms with Gasteiger partial charge in [0.2, 0.25) is 0 Å². The summed E-state index contributed by atoms with van der Waals surface area (Å²) in [5.74, 6) is 2.40. The van der Waals surface area contributed by atoms with Gasteiger partial charge in [-0.15, -0.1) is 11.8 Å². The maximum atomic E-state index is 12.6. The van der Waals surface area contributed by atoms with Crippen molar-refractivity contribution in [2.75, 3.05) is 12.3 Å². The number of carbonyl (C=O) groups is 1. The zero-order chi connectivity index (χ0) is 20.5. The van der Waals surface area contributed by atoms with Crippen LogP contribution in [0.5, 0.6) is 0 Å². The van der Waals surface area contributed by atoms with E-state index in [0.717, 1.165) is 33.3 Å². The SMILES string of the molecule is O=C(NCCSCc1ccc(Cl)cc1Cl)c1ccccc1SCc1ccccc1. The largest absolute Gasteiger partial charge is 0.351 e. The zero-order valence-electron chi connectivity index (χ0n) is 15.7. The highest BCUT2D eigenvalue weighted by Gasteiger charge is 2.11. The average Bonchev–Trinajstić information content (AvgIpc) is 2.74. The van der Waals surface area contributed by atoms with Crippen molar-refractivity contribution in [3.63, 3.8) is 0 Å². The number of carbonyl (C=O) groups excluding carboxylic acids is 1. The van der Waals surface area contributed by atoms with Crippen LogP contribution in [0.3, 0.4) is 0 Å². The lowest BCUT2D eigenvalue weighted by molar-refractivity contribution is 0.0953. The van der Waals surface area contributed by atoms with Crippen LogP contribution in [0.1, 0.15) is 21.5 Å². The van der Waals surface area contributed by atoms with E-state index in [1.807, 2.05) is 54.6 Å². The van der Waals surface area contributed by atoms with Crippen LogP contribution < -0.4 is 5.32 Å². The van der Waals surface area contributed by atoms with Gasteiger partial charge in [-0.3, -0.25) is 4.79 Å². The molecule has 6 heteroatoms. The minimum absolute atomic E-state index is 0.0358. The number of hydrogen-bond acceptors (Lipinski definition) is 3. The molecule has 0 fully saturated rings. The lowest BCUT2D eigenvalue weighted by Crippen LogP contribution is -2.26. The van der Waals surface area contributed by atoms with Gasteiger partial charge in [0.25, 0.3) is 5.91 Å². The van der Waals surface area contributed by atoms with Crippen LogP contribution in [-0.2, 0) is 11.5 Å². The first-order valence-corrected chi connectivity index (χ1v) is 12.1. The van der Waals surface area contributed by atoms with Gasteiger partial charge >= 0.3 is 0 Å². The Morgan fingerprint density at radius 2 is 1.66 bits per heavy atom. The molecule has 0 atom stereocenters. The molecule has 0 saturated carbocycles. The highest BCUT2D eigenvalue weighted by Crippen LogP contribution is 2.27. The Bertz CT molecular complexity index is 951. The molecule has 0 aliphatic carbocycles. The Balaban J connectivity index is 1.46. The number of amides is 1. The second kappa shape index (κ2) is 11.6. The third-order valence-electron chi connectivity index (χ3n) is 4.17. The lowest BCUT2D eigenvalue weighted by Gasteiger charge is -2.10. The van der Waals surface area contributed by atoms with E-state index in [1.165, 1.54) is 5.56 Å². The standard InChI is InChI=1S/C23H21Cl2NOS2/c24-19-11-10-18(21(25)14-19)16-28-13-12-26-23(27)20-8-4-5-9-22(20)29-15-17-6-2-1-3-7-17/h1-11,14H,12-13,15-16H2,(H,26,27). The van der Waals surface area contributed by atoms with E-state index >= 15 is 0 Å². The molecule has 3 aromatic carbocycles. The van der Waals surface area contributed by atoms with E-state index in [-0.39, 0.29) is 5.91 Å². The van der Waals surface area contributed by atoms with Crippen LogP contribution in [0, 0.1) is 0 Å².